The van der Waals surface area contributed by atoms with Crippen LogP contribution in [0.25, 0.3) is 10.8 Å². The number of benzene rings is 3. The van der Waals surface area contributed by atoms with Gasteiger partial charge in [-0.25, -0.2) is 4.79 Å². The first-order valence-electron chi connectivity index (χ1n) is 9.36. The number of amides is 3. The summed E-state index contributed by atoms with van der Waals surface area (Å²) in [5.74, 6) is -1.85. The topological polar surface area (TPSA) is 92.8 Å². The summed E-state index contributed by atoms with van der Waals surface area (Å²) >= 11 is 0. The lowest BCUT2D eigenvalue weighted by atomic mass is 9.94. The molecule has 4 rings (SSSR count). The zero-order valence-corrected chi connectivity index (χ0v) is 16.2. The molecule has 30 heavy (non-hydrogen) atoms. The molecule has 0 spiro atoms. The number of carbonyl (C=O) groups excluding carboxylic acids is 4. The molecule has 1 aliphatic rings. The number of methoxy groups -OCH3 is 1. The maximum Gasteiger partial charge on any atom is 0.339 e. The summed E-state index contributed by atoms with van der Waals surface area (Å²) < 4.78 is 4.71. The molecule has 1 aliphatic heterocycles. The monoisotopic (exact) mass is 402 g/mol. The highest BCUT2D eigenvalue weighted by atomic mass is 16.5. The van der Waals surface area contributed by atoms with Crippen molar-refractivity contribution in [3.05, 3.63) is 77.4 Å². The van der Waals surface area contributed by atoms with Gasteiger partial charge in [-0.15, -0.1) is 0 Å². The van der Waals surface area contributed by atoms with E-state index in [0.29, 0.717) is 22.2 Å². The molecule has 0 saturated heterocycles. The Hall–Kier alpha value is -4.00. The molecule has 0 radical (unpaired) electrons. The van der Waals surface area contributed by atoms with Crippen LogP contribution in [0.1, 0.15) is 37.5 Å². The van der Waals surface area contributed by atoms with Gasteiger partial charge in [0.15, 0.2) is 0 Å². The zero-order chi connectivity index (χ0) is 21.3. The summed E-state index contributed by atoms with van der Waals surface area (Å²) in [7, 11) is 1.26. The van der Waals surface area contributed by atoms with Gasteiger partial charge in [-0.3, -0.25) is 19.3 Å². The summed E-state index contributed by atoms with van der Waals surface area (Å²) in [4.78, 5) is 51.1. The van der Waals surface area contributed by atoms with Crippen molar-refractivity contribution < 1.29 is 23.9 Å². The molecule has 1 heterocycles. The molecule has 0 atom stereocenters. The Morgan fingerprint density at radius 2 is 1.53 bits per heavy atom. The van der Waals surface area contributed by atoms with E-state index >= 15 is 0 Å². The number of anilines is 1. The average molecular weight is 402 g/mol. The summed E-state index contributed by atoms with van der Waals surface area (Å²) in [5, 5.41) is 4.11. The molecule has 0 aromatic heterocycles. The lowest BCUT2D eigenvalue weighted by Crippen LogP contribution is -2.41. The lowest BCUT2D eigenvalue weighted by molar-refractivity contribution is -0.116. The van der Waals surface area contributed by atoms with E-state index in [1.54, 1.807) is 42.5 Å². The second kappa shape index (κ2) is 7.79. The number of nitrogens with one attached hydrogen (secondary N) is 1. The first-order chi connectivity index (χ1) is 14.5. The highest BCUT2D eigenvalue weighted by Crippen LogP contribution is 2.30. The fourth-order valence-electron chi connectivity index (χ4n) is 3.59. The first-order valence-corrected chi connectivity index (χ1v) is 9.36. The highest BCUT2D eigenvalue weighted by Gasteiger charge is 2.32. The predicted octanol–water partition coefficient (Wildman–Crippen LogP) is 3.25. The number of nitrogens with zero attached hydrogens (tertiary/aromatic N) is 1. The number of ether oxygens (including phenoxy) is 1. The van der Waals surface area contributed by atoms with Gasteiger partial charge in [0.2, 0.25) is 5.91 Å². The SMILES string of the molecule is COC(=O)c1ccccc1NC(=O)CCN1C(=O)c2cccc3cccc(c23)C1=O. The minimum atomic E-state index is -0.572. The van der Waals surface area contributed by atoms with E-state index < -0.39 is 23.7 Å². The van der Waals surface area contributed by atoms with Gasteiger partial charge in [0.25, 0.3) is 11.8 Å². The van der Waals surface area contributed by atoms with Crippen LogP contribution in [0, 0.1) is 0 Å². The van der Waals surface area contributed by atoms with Crippen LogP contribution in [0.15, 0.2) is 60.7 Å². The third-order valence-corrected chi connectivity index (χ3v) is 5.02. The second-order valence-electron chi connectivity index (χ2n) is 6.81. The van der Waals surface area contributed by atoms with Crippen molar-refractivity contribution in [3.8, 4) is 0 Å². The van der Waals surface area contributed by atoms with Crippen LogP contribution in [0.3, 0.4) is 0 Å². The van der Waals surface area contributed by atoms with Crippen LogP contribution in [-0.2, 0) is 9.53 Å². The van der Waals surface area contributed by atoms with Crippen LogP contribution in [0.2, 0.25) is 0 Å². The molecule has 3 amide bonds. The standard InChI is InChI=1S/C23H18N2O5/c1-30-23(29)15-8-2-3-11-18(15)24-19(26)12-13-25-21(27)16-9-4-6-14-7-5-10-17(20(14)16)22(25)28/h2-11H,12-13H2,1H3,(H,24,26). The van der Waals surface area contributed by atoms with E-state index in [1.807, 2.05) is 12.1 Å². The van der Waals surface area contributed by atoms with Gasteiger partial charge < -0.3 is 10.1 Å². The molecule has 0 saturated carbocycles. The third-order valence-electron chi connectivity index (χ3n) is 5.02. The summed E-state index contributed by atoms with van der Waals surface area (Å²) in [6.07, 6.45) is -0.106. The van der Waals surface area contributed by atoms with Crippen molar-refractivity contribution >= 4 is 40.2 Å². The van der Waals surface area contributed by atoms with Crippen LogP contribution >= 0.6 is 0 Å². The second-order valence-corrected chi connectivity index (χ2v) is 6.81. The molecule has 3 aromatic carbocycles. The smallest absolute Gasteiger partial charge is 0.339 e. The van der Waals surface area contributed by atoms with Crippen LogP contribution in [0.5, 0.6) is 0 Å². The fourth-order valence-corrected chi connectivity index (χ4v) is 3.59. The number of hydrogen-bond donors (Lipinski definition) is 1. The van der Waals surface area contributed by atoms with Crippen molar-refractivity contribution in [2.45, 2.75) is 6.42 Å². The van der Waals surface area contributed by atoms with Crippen LogP contribution in [0.4, 0.5) is 5.69 Å². The number of hydrogen-bond acceptors (Lipinski definition) is 5. The maximum atomic E-state index is 12.9. The molecule has 7 nitrogen and oxygen atoms in total. The van der Waals surface area contributed by atoms with Crippen molar-refractivity contribution in [1.82, 2.24) is 4.90 Å². The third kappa shape index (κ3) is 3.30. The van der Waals surface area contributed by atoms with E-state index in [9.17, 15) is 19.2 Å². The van der Waals surface area contributed by atoms with E-state index in [2.05, 4.69) is 5.32 Å². The summed E-state index contributed by atoms with van der Waals surface area (Å²) in [5.41, 5.74) is 1.41. The quantitative estimate of drug-likeness (QED) is 0.522. The molecule has 0 fully saturated rings. The number of esters is 1. The zero-order valence-electron chi connectivity index (χ0n) is 16.2. The average Bonchev–Trinajstić information content (AvgIpc) is 2.77. The fraction of sp³-hybridized carbons (Fsp3) is 0.130. The number of carbonyl (C=O) groups is 4. The molecule has 150 valence electrons. The molecule has 3 aromatic rings. The number of para-hydroxylation sites is 1. The van der Waals surface area contributed by atoms with Crippen LogP contribution in [-0.4, -0.2) is 42.2 Å². The minimum Gasteiger partial charge on any atom is -0.465 e. The maximum absolute atomic E-state index is 12.9. The largest absolute Gasteiger partial charge is 0.465 e. The van der Waals surface area contributed by atoms with Gasteiger partial charge in [0.1, 0.15) is 0 Å². The van der Waals surface area contributed by atoms with E-state index in [1.165, 1.54) is 13.2 Å². The van der Waals surface area contributed by atoms with Gasteiger partial charge in [-0.2, -0.15) is 0 Å². The Balaban J connectivity index is 1.51. The normalized spacial score (nSPS) is 12.8. The first kappa shape index (κ1) is 19.3. The van der Waals surface area contributed by atoms with Crippen molar-refractivity contribution in [2.24, 2.45) is 0 Å². The van der Waals surface area contributed by atoms with Gasteiger partial charge >= 0.3 is 5.97 Å². The number of rotatable bonds is 5. The molecule has 1 N–H and O–H groups in total. The van der Waals surface area contributed by atoms with E-state index in [0.717, 1.165) is 10.3 Å². The van der Waals surface area contributed by atoms with Crippen molar-refractivity contribution in [2.75, 3.05) is 19.0 Å². The van der Waals surface area contributed by atoms with Crippen molar-refractivity contribution in [1.29, 1.82) is 0 Å². The molecule has 0 bridgehead atoms. The molecule has 7 heteroatoms. The molecular weight excluding hydrogens is 384 g/mol. The van der Waals surface area contributed by atoms with Gasteiger partial charge in [0, 0.05) is 29.5 Å². The Morgan fingerprint density at radius 3 is 2.17 bits per heavy atom. The molecule has 0 unspecified atom stereocenters. The minimum absolute atomic E-state index is 0.0748. The lowest BCUT2D eigenvalue weighted by Gasteiger charge is -2.27. The highest BCUT2D eigenvalue weighted by molar-refractivity contribution is 6.25. The van der Waals surface area contributed by atoms with E-state index in [4.69, 9.17) is 4.74 Å². The van der Waals surface area contributed by atoms with Gasteiger partial charge in [-0.05, 0) is 29.7 Å². The van der Waals surface area contributed by atoms with Crippen molar-refractivity contribution in [3.63, 3.8) is 0 Å². The Labute approximate surface area is 172 Å². The molecule has 0 aliphatic carbocycles. The van der Waals surface area contributed by atoms with Crippen LogP contribution < -0.4 is 5.32 Å². The predicted molar refractivity (Wildman–Crippen MR) is 110 cm³/mol. The Morgan fingerprint density at radius 1 is 0.900 bits per heavy atom. The molecular formula is C23H18N2O5. The Bertz CT molecular complexity index is 1150. The summed E-state index contributed by atoms with van der Waals surface area (Å²) in [6.45, 7) is -0.0748. The summed E-state index contributed by atoms with van der Waals surface area (Å²) in [6, 6.07) is 17.1. The van der Waals surface area contributed by atoms with Gasteiger partial charge in [0.05, 0.1) is 18.4 Å². The Kier molecular flexibility index (Phi) is 5.02. The number of imide groups is 1. The van der Waals surface area contributed by atoms with Gasteiger partial charge in [-0.1, -0.05) is 36.4 Å². The van der Waals surface area contributed by atoms with E-state index in [-0.39, 0.29) is 18.5 Å².